The Morgan fingerprint density at radius 2 is 1.69 bits per heavy atom. The Labute approximate surface area is 241 Å². The third-order valence-electron chi connectivity index (χ3n) is 6.70. The highest BCUT2D eigenvalue weighted by Gasteiger charge is 2.20. The van der Waals surface area contributed by atoms with Gasteiger partial charge in [0.1, 0.15) is 11.6 Å². The number of morpholine rings is 1. The summed E-state index contributed by atoms with van der Waals surface area (Å²) in [4.78, 5) is 23.6. The molecular formula is C29H35Cl2N5O3. The standard InChI is InChI=1S/C29H33N5O3.2ClH/c1-36-24-12-10-21(11-13-24)18-27(28-31-25-8-4-5-9-26(25)32-28)33-29(35)30-19-22-6-2-3-7-23(22)20-34-14-16-37-17-15-34;;/h2-13,27H,14-20H2,1H3,(H,31,32)(H2,30,33,35);2*1H. The van der Waals surface area contributed by atoms with Crippen molar-refractivity contribution in [2.24, 2.45) is 0 Å². The van der Waals surface area contributed by atoms with Crippen LogP contribution in [-0.4, -0.2) is 54.3 Å². The number of hydrogen-bond donors (Lipinski definition) is 3. The lowest BCUT2D eigenvalue weighted by molar-refractivity contribution is 0.0341. The molecule has 1 aromatic heterocycles. The second-order valence-corrected chi connectivity index (χ2v) is 9.23. The highest BCUT2D eigenvalue weighted by atomic mass is 35.5. The zero-order valence-corrected chi connectivity index (χ0v) is 23.5. The first-order chi connectivity index (χ1) is 18.2. The fraction of sp³-hybridized carbons (Fsp3) is 0.310. The number of hydrogen-bond acceptors (Lipinski definition) is 5. The van der Waals surface area contributed by atoms with Gasteiger partial charge in [0.05, 0.1) is 37.4 Å². The summed E-state index contributed by atoms with van der Waals surface area (Å²) >= 11 is 0. The summed E-state index contributed by atoms with van der Waals surface area (Å²) < 4.78 is 10.8. The molecule has 1 aliphatic rings. The molecule has 8 nitrogen and oxygen atoms in total. The summed E-state index contributed by atoms with van der Waals surface area (Å²) in [6.07, 6.45) is 0.588. The average Bonchev–Trinajstić information content (AvgIpc) is 3.38. The number of imidazole rings is 1. The highest BCUT2D eigenvalue weighted by Crippen LogP contribution is 2.21. The molecule has 4 aromatic rings. The molecule has 2 heterocycles. The van der Waals surface area contributed by atoms with Crippen LogP contribution in [0.2, 0.25) is 0 Å². The van der Waals surface area contributed by atoms with E-state index in [2.05, 4.69) is 32.7 Å². The first-order valence-corrected chi connectivity index (χ1v) is 12.7. The highest BCUT2D eigenvalue weighted by molar-refractivity contribution is 5.85. The molecule has 1 aliphatic heterocycles. The van der Waals surface area contributed by atoms with Gasteiger partial charge in [-0.3, -0.25) is 4.90 Å². The minimum atomic E-state index is -0.329. The molecule has 0 spiro atoms. The molecule has 0 saturated carbocycles. The molecule has 10 heteroatoms. The van der Waals surface area contributed by atoms with E-state index in [1.807, 2.05) is 60.7 Å². The minimum Gasteiger partial charge on any atom is -0.497 e. The van der Waals surface area contributed by atoms with Crippen molar-refractivity contribution in [2.45, 2.75) is 25.6 Å². The van der Waals surface area contributed by atoms with E-state index >= 15 is 0 Å². The molecule has 2 amide bonds. The van der Waals surface area contributed by atoms with Crippen molar-refractivity contribution >= 4 is 41.9 Å². The monoisotopic (exact) mass is 571 g/mol. The summed E-state index contributed by atoms with van der Waals surface area (Å²) in [5.41, 5.74) is 5.21. The van der Waals surface area contributed by atoms with Gasteiger partial charge in [-0.15, -0.1) is 24.8 Å². The predicted molar refractivity (Wildman–Crippen MR) is 158 cm³/mol. The lowest BCUT2D eigenvalue weighted by Crippen LogP contribution is -2.39. The summed E-state index contributed by atoms with van der Waals surface area (Å²) in [7, 11) is 1.65. The lowest BCUT2D eigenvalue weighted by Gasteiger charge is -2.27. The Bertz CT molecular complexity index is 1290. The lowest BCUT2D eigenvalue weighted by atomic mass is 10.1. The molecule has 0 aliphatic carbocycles. The molecule has 1 fully saturated rings. The van der Waals surface area contributed by atoms with Gasteiger partial charge in [-0.05, 0) is 47.4 Å². The van der Waals surface area contributed by atoms with E-state index in [1.165, 1.54) is 5.56 Å². The number of methoxy groups -OCH3 is 1. The number of para-hydroxylation sites is 2. The number of amides is 2. The summed E-state index contributed by atoms with van der Waals surface area (Å²) in [6, 6.07) is 23.5. The first kappa shape index (κ1) is 30.2. The Hall–Kier alpha value is -3.30. The van der Waals surface area contributed by atoms with Gasteiger partial charge in [-0.2, -0.15) is 0 Å². The van der Waals surface area contributed by atoms with Gasteiger partial charge in [0, 0.05) is 26.2 Å². The third kappa shape index (κ3) is 8.10. The van der Waals surface area contributed by atoms with Crippen LogP contribution in [0.4, 0.5) is 4.79 Å². The number of halogens is 2. The van der Waals surface area contributed by atoms with Crippen molar-refractivity contribution < 1.29 is 14.3 Å². The van der Waals surface area contributed by atoms with E-state index in [9.17, 15) is 4.79 Å². The van der Waals surface area contributed by atoms with E-state index in [4.69, 9.17) is 14.5 Å². The number of carbonyl (C=O) groups excluding carboxylic acids is 1. The number of aromatic amines is 1. The number of fused-ring (bicyclic) bond motifs is 1. The van der Waals surface area contributed by atoms with Crippen LogP contribution in [-0.2, 0) is 24.2 Å². The van der Waals surface area contributed by atoms with E-state index in [0.717, 1.165) is 66.6 Å². The maximum Gasteiger partial charge on any atom is 0.315 e. The zero-order valence-electron chi connectivity index (χ0n) is 21.9. The number of rotatable bonds is 9. The smallest absolute Gasteiger partial charge is 0.315 e. The van der Waals surface area contributed by atoms with Crippen molar-refractivity contribution in [3.05, 3.63) is 95.3 Å². The molecule has 5 rings (SSSR count). The second-order valence-electron chi connectivity index (χ2n) is 9.23. The van der Waals surface area contributed by atoms with Crippen LogP contribution >= 0.6 is 24.8 Å². The van der Waals surface area contributed by atoms with Crippen LogP contribution in [0.1, 0.15) is 28.6 Å². The second kappa shape index (κ2) is 14.7. The van der Waals surface area contributed by atoms with E-state index < -0.39 is 0 Å². The number of H-pyrrole nitrogens is 1. The van der Waals surface area contributed by atoms with Crippen LogP contribution in [0, 0.1) is 0 Å². The van der Waals surface area contributed by atoms with Crippen LogP contribution in [0.3, 0.4) is 0 Å². The number of ether oxygens (including phenoxy) is 2. The van der Waals surface area contributed by atoms with Gasteiger partial charge in [-0.25, -0.2) is 9.78 Å². The number of nitrogens with one attached hydrogen (secondary N) is 3. The van der Waals surface area contributed by atoms with Gasteiger partial charge < -0.3 is 25.1 Å². The maximum absolute atomic E-state index is 13.1. The van der Waals surface area contributed by atoms with Crippen molar-refractivity contribution in [3.63, 3.8) is 0 Å². The first-order valence-electron chi connectivity index (χ1n) is 12.7. The average molecular weight is 573 g/mol. The fourth-order valence-corrected chi connectivity index (χ4v) is 4.62. The van der Waals surface area contributed by atoms with Gasteiger partial charge in [0.2, 0.25) is 0 Å². The number of aromatic nitrogens is 2. The normalized spacial score (nSPS) is 14.1. The summed E-state index contributed by atoms with van der Waals surface area (Å²) in [6.45, 7) is 4.67. The third-order valence-corrected chi connectivity index (χ3v) is 6.70. The number of benzene rings is 3. The Balaban J connectivity index is 0.00000210. The van der Waals surface area contributed by atoms with Gasteiger partial charge in [0.15, 0.2) is 0 Å². The molecule has 1 unspecified atom stereocenters. The van der Waals surface area contributed by atoms with Crippen LogP contribution in [0.25, 0.3) is 11.0 Å². The number of urea groups is 1. The molecule has 208 valence electrons. The largest absolute Gasteiger partial charge is 0.497 e. The fourth-order valence-electron chi connectivity index (χ4n) is 4.62. The van der Waals surface area contributed by atoms with Crippen molar-refractivity contribution in [1.82, 2.24) is 25.5 Å². The maximum atomic E-state index is 13.1. The number of carbonyl (C=O) groups is 1. The van der Waals surface area contributed by atoms with Crippen molar-refractivity contribution in [1.29, 1.82) is 0 Å². The Morgan fingerprint density at radius 3 is 2.41 bits per heavy atom. The topological polar surface area (TPSA) is 91.5 Å². The Morgan fingerprint density at radius 1 is 1.00 bits per heavy atom. The van der Waals surface area contributed by atoms with Crippen molar-refractivity contribution in [2.75, 3.05) is 33.4 Å². The predicted octanol–water partition coefficient (Wildman–Crippen LogP) is 5.03. The minimum absolute atomic E-state index is 0. The van der Waals surface area contributed by atoms with E-state index in [0.29, 0.717) is 13.0 Å². The number of nitrogens with zero attached hydrogens (tertiary/aromatic N) is 2. The van der Waals surface area contributed by atoms with Gasteiger partial charge in [-0.1, -0.05) is 48.5 Å². The molecule has 1 atom stereocenters. The van der Waals surface area contributed by atoms with E-state index in [-0.39, 0.29) is 36.9 Å². The van der Waals surface area contributed by atoms with Crippen molar-refractivity contribution in [3.8, 4) is 5.75 Å². The quantitative estimate of drug-likeness (QED) is 0.262. The molecule has 3 N–H and O–H groups in total. The van der Waals surface area contributed by atoms with Crippen LogP contribution in [0.15, 0.2) is 72.8 Å². The zero-order chi connectivity index (χ0) is 25.5. The molecule has 0 bridgehead atoms. The molecule has 3 aromatic carbocycles. The SMILES string of the molecule is COc1ccc(CC(NC(=O)NCc2ccccc2CN2CCOCC2)c2nc3ccccc3[nH]2)cc1.Cl.Cl. The molecule has 0 radical (unpaired) electrons. The summed E-state index contributed by atoms with van der Waals surface area (Å²) in [5.74, 6) is 1.52. The summed E-state index contributed by atoms with van der Waals surface area (Å²) in [5, 5.41) is 6.20. The molecule has 1 saturated heterocycles. The van der Waals surface area contributed by atoms with Gasteiger partial charge in [0.25, 0.3) is 0 Å². The van der Waals surface area contributed by atoms with Crippen LogP contribution < -0.4 is 15.4 Å². The molecular weight excluding hydrogens is 537 g/mol. The van der Waals surface area contributed by atoms with Crippen LogP contribution in [0.5, 0.6) is 5.75 Å². The van der Waals surface area contributed by atoms with E-state index in [1.54, 1.807) is 7.11 Å². The molecule has 39 heavy (non-hydrogen) atoms. The Kier molecular flexibility index (Phi) is 11.4. The van der Waals surface area contributed by atoms with Gasteiger partial charge >= 0.3 is 6.03 Å².